The molecule has 2 nitrogen and oxygen atoms in total. The molecule has 1 aromatic carbocycles. The molecule has 0 aliphatic carbocycles. The second kappa shape index (κ2) is 5.83. The molecule has 0 amide bonds. The quantitative estimate of drug-likeness (QED) is 0.618. The van der Waals surface area contributed by atoms with Crippen molar-refractivity contribution < 1.29 is 4.79 Å². The average molecular weight is 257 g/mol. The molecule has 0 bridgehead atoms. The van der Waals surface area contributed by atoms with E-state index in [1.165, 1.54) is 5.56 Å². The van der Waals surface area contributed by atoms with Crippen LogP contribution in [0.5, 0.6) is 0 Å². The molecule has 2 rings (SSSR count). The number of thioether (sulfide) groups is 1. The molecule has 18 heavy (non-hydrogen) atoms. The van der Waals surface area contributed by atoms with E-state index in [1.807, 2.05) is 37.3 Å². The van der Waals surface area contributed by atoms with Crippen LogP contribution in [-0.4, -0.2) is 16.5 Å². The van der Waals surface area contributed by atoms with E-state index >= 15 is 0 Å². The topological polar surface area (TPSA) is 30.0 Å². The lowest BCUT2D eigenvalue weighted by atomic mass is 10.2. The Bertz CT molecular complexity index is 549. The molecule has 0 spiro atoms. The van der Waals surface area contributed by atoms with Gasteiger partial charge in [0.2, 0.25) is 0 Å². The second-order valence-electron chi connectivity index (χ2n) is 4.17. The van der Waals surface area contributed by atoms with Gasteiger partial charge in [-0.2, -0.15) is 0 Å². The number of ketones is 1. The van der Waals surface area contributed by atoms with Gasteiger partial charge < -0.3 is 0 Å². The van der Waals surface area contributed by atoms with E-state index in [1.54, 1.807) is 18.0 Å². The van der Waals surface area contributed by atoms with Gasteiger partial charge in [0.05, 0.1) is 5.75 Å². The number of nitrogens with zero attached hydrogens (tertiary/aromatic N) is 1. The van der Waals surface area contributed by atoms with E-state index in [2.05, 4.69) is 18.0 Å². The molecule has 0 fully saturated rings. The molecule has 0 saturated carbocycles. The largest absolute Gasteiger partial charge is 0.293 e. The monoisotopic (exact) mass is 257 g/mol. The summed E-state index contributed by atoms with van der Waals surface area (Å²) in [7, 11) is 0. The highest BCUT2D eigenvalue weighted by Crippen LogP contribution is 2.22. The van der Waals surface area contributed by atoms with Gasteiger partial charge in [0.15, 0.2) is 5.78 Å². The van der Waals surface area contributed by atoms with Gasteiger partial charge in [-0.05, 0) is 37.6 Å². The predicted octanol–water partition coefficient (Wildman–Crippen LogP) is 3.67. The van der Waals surface area contributed by atoms with Crippen LogP contribution in [0, 0.1) is 13.8 Å². The Labute approximate surface area is 111 Å². The molecule has 92 valence electrons. The Morgan fingerprint density at radius 1 is 1.17 bits per heavy atom. The molecule has 2 aromatic rings. The summed E-state index contributed by atoms with van der Waals surface area (Å²) in [6, 6.07) is 11.8. The van der Waals surface area contributed by atoms with E-state index in [9.17, 15) is 4.79 Å². The van der Waals surface area contributed by atoms with Gasteiger partial charge >= 0.3 is 0 Å². The van der Waals surface area contributed by atoms with Crippen LogP contribution < -0.4 is 0 Å². The van der Waals surface area contributed by atoms with E-state index in [-0.39, 0.29) is 5.78 Å². The van der Waals surface area contributed by atoms with Crippen LogP contribution in [0.4, 0.5) is 0 Å². The second-order valence-corrected chi connectivity index (χ2v) is 5.18. The summed E-state index contributed by atoms with van der Waals surface area (Å²) < 4.78 is 0. The Morgan fingerprint density at radius 3 is 2.61 bits per heavy atom. The zero-order valence-corrected chi connectivity index (χ0v) is 11.3. The van der Waals surface area contributed by atoms with Crippen molar-refractivity contribution in [2.45, 2.75) is 18.7 Å². The van der Waals surface area contributed by atoms with Gasteiger partial charge in [-0.3, -0.25) is 9.78 Å². The fourth-order valence-corrected chi connectivity index (χ4v) is 2.50. The lowest BCUT2D eigenvalue weighted by molar-refractivity contribution is 0.102. The van der Waals surface area contributed by atoms with Gasteiger partial charge in [0.1, 0.15) is 0 Å². The van der Waals surface area contributed by atoms with Crippen molar-refractivity contribution in [2.24, 2.45) is 0 Å². The molecular weight excluding hydrogens is 242 g/mol. The van der Waals surface area contributed by atoms with Crippen molar-refractivity contribution in [3.63, 3.8) is 0 Å². The normalized spacial score (nSPS) is 10.3. The van der Waals surface area contributed by atoms with Crippen LogP contribution in [-0.2, 0) is 0 Å². The summed E-state index contributed by atoms with van der Waals surface area (Å²) in [5.41, 5.74) is 2.82. The molecule has 3 heteroatoms. The molecule has 0 saturated heterocycles. The summed E-state index contributed by atoms with van der Waals surface area (Å²) in [6.45, 7) is 3.97. The molecule has 0 atom stereocenters. The van der Waals surface area contributed by atoms with Crippen molar-refractivity contribution in [3.05, 3.63) is 59.4 Å². The maximum absolute atomic E-state index is 12.0. The summed E-state index contributed by atoms with van der Waals surface area (Å²) >= 11 is 1.58. The first-order chi connectivity index (χ1) is 8.66. The summed E-state index contributed by atoms with van der Waals surface area (Å²) in [5, 5.41) is 0. The Hall–Kier alpha value is -1.61. The van der Waals surface area contributed by atoms with Crippen LogP contribution in [0.2, 0.25) is 0 Å². The van der Waals surface area contributed by atoms with Crippen molar-refractivity contribution >= 4 is 17.5 Å². The lowest BCUT2D eigenvalue weighted by Gasteiger charge is -2.04. The third kappa shape index (κ3) is 3.20. The number of aromatic nitrogens is 1. The predicted molar refractivity (Wildman–Crippen MR) is 75.2 cm³/mol. The maximum atomic E-state index is 12.0. The molecule has 0 radical (unpaired) electrons. The average Bonchev–Trinajstić information content (AvgIpc) is 2.38. The summed E-state index contributed by atoms with van der Waals surface area (Å²) in [6.07, 6.45) is 1.65. The molecule has 1 heterocycles. The number of rotatable bonds is 4. The van der Waals surface area contributed by atoms with Gasteiger partial charge in [-0.25, -0.2) is 0 Å². The van der Waals surface area contributed by atoms with Gasteiger partial charge in [0, 0.05) is 22.3 Å². The lowest BCUT2D eigenvalue weighted by Crippen LogP contribution is -2.03. The number of carbonyl (C=O) groups is 1. The summed E-state index contributed by atoms with van der Waals surface area (Å²) in [5.74, 6) is 0.575. The van der Waals surface area contributed by atoms with Crippen molar-refractivity contribution in [2.75, 3.05) is 5.75 Å². The van der Waals surface area contributed by atoms with Gasteiger partial charge in [-0.1, -0.05) is 18.2 Å². The van der Waals surface area contributed by atoms with Crippen LogP contribution in [0.3, 0.4) is 0 Å². The third-order valence-electron chi connectivity index (χ3n) is 2.69. The zero-order chi connectivity index (χ0) is 13.0. The number of hydrogen-bond acceptors (Lipinski definition) is 3. The van der Waals surface area contributed by atoms with E-state index in [4.69, 9.17) is 0 Å². The Morgan fingerprint density at radius 2 is 1.94 bits per heavy atom. The van der Waals surface area contributed by atoms with Crippen molar-refractivity contribution in [1.82, 2.24) is 4.98 Å². The minimum absolute atomic E-state index is 0.121. The van der Waals surface area contributed by atoms with Crippen molar-refractivity contribution in [3.8, 4) is 0 Å². The highest BCUT2D eigenvalue weighted by Gasteiger charge is 2.07. The minimum Gasteiger partial charge on any atom is -0.293 e. The number of hydrogen-bond donors (Lipinski definition) is 0. The maximum Gasteiger partial charge on any atom is 0.174 e. The fraction of sp³-hybridized carbons (Fsp3) is 0.200. The first-order valence-electron chi connectivity index (χ1n) is 5.81. The van der Waals surface area contributed by atoms with E-state index in [0.717, 1.165) is 10.6 Å². The Balaban J connectivity index is 2.01. The number of pyridine rings is 1. The fourth-order valence-electron chi connectivity index (χ4n) is 1.58. The Kier molecular flexibility index (Phi) is 4.15. The van der Waals surface area contributed by atoms with Crippen LogP contribution >= 0.6 is 11.8 Å². The van der Waals surface area contributed by atoms with Gasteiger partial charge in [0.25, 0.3) is 0 Å². The minimum atomic E-state index is 0.121. The number of aryl methyl sites for hydroxylation is 2. The van der Waals surface area contributed by atoms with Crippen LogP contribution in [0.1, 0.15) is 21.6 Å². The van der Waals surface area contributed by atoms with E-state index < -0.39 is 0 Å². The highest BCUT2D eigenvalue weighted by atomic mass is 32.2. The zero-order valence-electron chi connectivity index (χ0n) is 10.5. The number of Topliss-reactive ketones (excluding diaryl/α,β-unsaturated/α-hetero) is 1. The highest BCUT2D eigenvalue weighted by molar-refractivity contribution is 8.00. The van der Waals surface area contributed by atoms with E-state index in [0.29, 0.717) is 11.3 Å². The number of carbonyl (C=O) groups excluding carboxylic acids is 1. The summed E-state index contributed by atoms with van der Waals surface area (Å²) in [4.78, 5) is 17.3. The molecule has 0 aliphatic rings. The third-order valence-corrected chi connectivity index (χ3v) is 3.86. The molecule has 0 N–H and O–H groups in total. The molecule has 1 aromatic heterocycles. The molecule has 0 unspecified atom stereocenters. The van der Waals surface area contributed by atoms with Crippen LogP contribution in [0.25, 0.3) is 0 Å². The van der Waals surface area contributed by atoms with Crippen molar-refractivity contribution in [1.29, 1.82) is 0 Å². The molecular formula is C15H15NOS. The van der Waals surface area contributed by atoms with Crippen LogP contribution in [0.15, 0.2) is 47.5 Å². The standard InChI is InChI=1S/C15H15NOS/c1-11-5-3-4-6-15(11)18-10-14(17)13-8-7-12(2)16-9-13/h3-9H,10H2,1-2H3. The number of benzene rings is 1. The molecule has 0 aliphatic heterocycles. The van der Waals surface area contributed by atoms with Gasteiger partial charge in [-0.15, -0.1) is 11.8 Å². The first-order valence-corrected chi connectivity index (χ1v) is 6.79. The SMILES string of the molecule is Cc1ccc(C(=O)CSc2ccccc2C)cn1. The first kappa shape index (κ1) is 12.8. The smallest absolute Gasteiger partial charge is 0.174 e.